The van der Waals surface area contributed by atoms with Gasteiger partial charge in [0.25, 0.3) is 0 Å². The van der Waals surface area contributed by atoms with Crippen LogP contribution in [0.1, 0.15) is 19.0 Å². The summed E-state index contributed by atoms with van der Waals surface area (Å²) < 4.78 is 6.36. The second-order valence-electron chi connectivity index (χ2n) is 4.50. The molecule has 106 valence electrons. The number of methoxy groups -OCH3 is 1. The molecule has 1 N–H and O–H groups in total. The maximum Gasteiger partial charge on any atom is 0.406 e. The summed E-state index contributed by atoms with van der Waals surface area (Å²) in [7, 11) is 1.35. The van der Waals surface area contributed by atoms with Gasteiger partial charge in [0.05, 0.1) is 12.8 Å². The van der Waals surface area contributed by atoms with Crippen molar-refractivity contribution in [1.82, 2.24) is 20.1 Å². The summed E-state index contributed by atoms with van der Waals surface area (Å²) in [4.78, 5) is 15.3. The number of hydrogen-bond donors (Lipinski definition) is 1. The zero-order chi connectivity index (χ0) is 14.5. The number of carbonyl (C=O) groups is 1. The molecule has 0 aliphatic heterocycles. The van der Waals surface area contributed by atoms with E-state index in [4.69, 9.17) is 0 Å². The molecule has 20 heavy (non-hydrogen) atoms. The molecular formula is C14H18N4O2. The number of hydrogen-bond acceptors (Lipinski definition) is 4. The van der Waals surface area contributed by atoms with E-state index >= 15 is 0 Å². The van der Waals surface area contributed by atoms with E-state index in [9.17, 15) is 4.79 Å². The van der Waals surface area contributed by atoms with Crippen LogP contribution >= 0.6 is 0 Å². The summed E-state index contributed by atoms with van der Waals surface area (Å²) in [6.45, 7) is 7.07. The van der Waals surface area contributed by atoms with E-state index in [1.54, 1.807) is 6.20 Å². The summed E-state index contributed by atoms with van der Waals surface area (Å²) in [5.74, 6) is 0. The Hall–Kier alpha value is -2.37. The van der Waals surface area contributed by atoms with Gasteiger partial charge in [-0.25, -0.2) is 14.5 Å². The first-order valence-electron chi connectivity index (χ1n) is 6.42. The van der Waals surface area contributed by atoms with Gasteiger partial charge in [0, 0.05) is 24.7 Å². The van der Waals surface area contributed by atoms with Crippen molar-refractivity contribution in [1.29, 1.82) is 0 Å². The lowest BCUT2D eigenvalue weighted by Crippen LogP contribution is -2.24. The molecule has 0 unspecified atom stereocenters. The maximum absolute atomic E-state index is 10.9. The summed E-state index contributed by atoms with van der Waals surface area (Å²) in [5.41, 5.74) is 2.62. The van der Waals surface area contributed by atoms with Crippen molar-refractivity contribution in [3.63, 3.8) is 0 Å². The van der Waals surface area contributed by atoms with Gasteiger partial charge in [-0.05, 0) is 31.1 Å². The average Bonchev–Trinajstić information content (AvgIpc) is 2.82. The molecule has 0 aliphatic carbocycles. The largest absolute Gasteiger partial charge is 0.453 e. The lowest BCUT2D eigenvalue weighted by atomic mass is 10.2. The van der Waals surface area contributed by atoms with Crippen molar-refractivity contribution in [3.05, 3.63) is 30.6 Å². The number of amides is 1. The zero-order valence-electron chi connectivity index (χ0n) is 11.7. The Balaban J connectivity index is 2.10. The third-order valence-electron chi connectivity index (χ3n) is 2.91. The fourth-order valence-electron chi connectivity index (χ4n) is 1.97. The number of carbonyl (C=O) groups excluding carboxylic acids is 1. The number of aromatic nitrogens is 3. The summed E-state index contributed by atoms with van der Waals surface area (Å²) in [5, 5.41) is 8.18. The van der Waals surface area contributed by atoms with Crippen LogP contribution in [0.4, 0.5) is 4.79 Å². The standard InChI is InChI=1S/C14H18N4O2/c1-10(2)12-11-6-4-7-15-13(11)18(17-12)9-5-8-16-14(19)20-3/h4,6-7H,1,5,8-9H2,2-3H3,(H,16,19). The van der Waals surface area contributed by atoms with Gasteiger partial charge in [-0.3, -0.25) is 0 Å². The van der Waals surface area contributed by atoms with Crippen molar-refractivity contribution >= 4 is 22.7 Å². The van der Waals surface area contributed by atoms with Crippen molar-refractivity contribution in [2.24, 2.45) is 0 Å². The van der Waals surface area contributed by atoms with Gasteiger partial charge in [0.2, 0.25) is 0 Å². The SMILES string of the molecule is C=C(C)c1nn(CCCNC(=O)OC)c2ncccc12. The van der Waals surface area contributed by atoms with Crippen molar-refractivity contribution in [2.75, 3.05) is 13.7 Å². The van der Waals surface area contributed by atoms with Crippen LogP contribution < -0.4 is 5.32 Å². The first kappa shape index (κ1) is 14.0. The Labute approximate surface area is 117 Å². The van der Waals surface area contributed by atoms with Crippen LogP contribution in [0.2, 0.25) is 0 Å². The highest BCUT2D eigenvalue weighted by Crippen LogP contribution is 2.21. The predicted molar refractivity (Wildman–Crippen MR) is 77.3 cm³/mol. The molecule has 1 amide bonds. The number of nitrogens with one attached hydrogen (secondary N) is 1. The van der Waals surface area contributed by atoms with E-state index in [2.05, 4.69) is 26.7 Å². The van der Waals surface area contributed by atoms with E-state index in [-0.39, 0.29) is 0 Å². The smallest absolute Gasteiger partial charge is 0.406 e. The van der Waals surface area contributed by atoms with Gasteiger partial charge < -0.3 is 10.1 Å². The van der Waals surface area contributed by atoms with Crippen LogP contribution in [-0.4, -0.2) is 34.5 Å². The third kappa shape index (κ3) is 2.96. The molecule has 6 heteroatoms. The molecule has 0 bridgehead atoms. The van der Waals surface area contributed by atoms with Crippen LogP contribution in [0, 0.1) is 0 Å². The molecule has 0 fully saturated rings. The lowest BCUT2D eigenvalue weighted by molar-refractivity contribution is 0.170. The lowest BCUT2D eigenvalue weighted by Gasteiger charge is -2.04. The Morgan fingerprint density at radius 3 is 3.05 bits per heavy atom. The molecule has 0 spiro atoms. The second-order valence-corrected chi connectivity index (χ2v) is 4.50. The number of ether oxygens (including phenoxy) is 1. The van der Waals surface area contributed by atoms with E-state index in [1.165, 1.54) is 7.11 Å². The van der Waals surface area contributed by atoms with Gasteiger partial charge in [0.15, 0.2) is 5.65 Å². The number of aryl methyl sites for hydroxylation is 1. The summed E-state index contributed by atoms with van der Waals surface area (Å²) in [6, 6.07) is 3.88. The van der Waals surface area contributed by atoms with Crippen LogP contribution in [0.15, 0.2) is 24.9 Å². The summed E-state index contributed by atoms with van der Waals surface area (Å²) in [6.07, 6.45) is 2.07. The Bertz CT molecular complexity index is 633. The van der Waals surface area contributed by atoms with E-state index in [0.717, 1.165) is 28.7 Å². The average molecular weight is 274 g/mol. The minimum Gasteiger partial charge on any atom is -0.453 e. The molecule has 0 radical (unpaired) electrons. The van der Waals surface area contributed by atoms with Crippen molar-refractivity contribution < 1.29 is 9.53 Å². The number of nitrogens with zero attached hydrogens (tertiary/aromatic N) is 3. The Morgan fingerprint density at radius 2 is 2.35 bits per heavy atom. The van der Waals surface area contributed by atoms with Gasteiger partial charge in [0.1, 0.15) is 0 Å². The molecule has 0 saturated carbocycles. The van der Waals surface area contributed by atoms with Crippen LogP contribution in [0.3, 0.4) is 0 Å². The topological polar surface area (TPSA) is 69.0 Å². The minimum absolute atomic E-state index is 0.420. The van der Waals surface area contributed by atoms with Crippen molar-refractivity contribution in [3.8, 4) is 0 Å². The Kier molecular flexibility index (Phi) is 4.34. The molecule has 2 rings (SSSR count). The molecule has 0 saturated heterocycles. The second kappa shape index (κ2) is 6.18. The quantitative estimate of drug-likeness (QED) is 0.849. The third-order valence-corrected chi connectivity index (χ3v) is 2.91. The highest BCUT2D eigenvalue weighted by atomic mass is 16.5. The number of alkyl carbamates (subject to hydrolysis) is 1. The van der Waals surface area contributed by atoms with Gasteiger partial charge >= 0.3 is 6.09 Å². The fourth-order valence-corrected chi connectivity index (χ4v) is 1.97. The number of fused-ring (bicyclic) bond motifs is 1. The molecular weight excluding hydrogens is 256 g/mol. The van der Waals surface area contributed by atoms with Crippen LogP contribution in [-0.2, 0) is 11.3 Å². The molecule has 0 aliphatic rings. The van der Waals surface area contributed by atoms with Crippen LogP contribution in [0.5, 0.6) is 0 Å². The fraction of sp³-hybridized carbons (Fsp3) is 0.357. The Morgan fingerprint density at radius 1 is 1.55 bits per heavy atom. The summed E-state index contributed by atoms with van der Waals surface area (Å²) >= 11 is 0. The van der Waals surface area contributed by atoms with Gasteiger partial charge in [-0.2, -0.15) is 5.10 Å². The number of pyridine rings is 1. The minimum atomic E-state index is -0.420. The normalized spacial score (nSPS) is 10.5. The molecule has 0 atom stereocenters. The van der Waals surface area contributed by atoms with E-state index < -0.39 is 6.09 Å². The van der Waals surface area contributed by atoms with E-state index in [1.807, 2.05) is 23.7 Å². The molecule has 2 heterocycles. The maximum atomic E-state index is 10.9. The monoisotopic (exact) mass is 274 g/mol. The van der Waals surface area contributed by atoms with Crippen molar-refractivity contribution in [2.45, 2.75) is 19.9 Å². The van der Waals surface area contributed by atoms with Gasteiger partial charge in [-0.1, -0.05) is 6.58 Å². The first-order chi connectivity index (χ1) is 9.63. The highest BCUT2D eigenvalue weighted by molar-refractivity contribution is 5.87. The number of rotatable bonds is 5. The molecule has 0 aromatic carbocycles. The molecule has 2 aromatic heterocycles. The van der Waals surface area contributed by atoms with Gasteiger partial charge in [-0.15, -0.1) is 0 Å². The first-order valence-corrected chi connectivity index (χ1v) is 6.42. The predicted octanol–water partition coefficient (Wildman–Crippen LogP) is 2.21. The number of allylic oxidation sites excluding steroid dienone is 1. The zero-order valence-corrected chi connectivity index (χ0v) is 11.7. The highest BCUT2D eigenvalue weighted by Gasteiger charge is 2.11. The molecule has 2 aromatic rings. The molecule has 6 nitrogen and oxygen atoms in total. The van der Waals surface area contributed by atoms with E-state index in [0.29, 0.717) is 13.1 Å². The van der Waals surface area contributed by atoms with Crippen LogP contribution in [0.25, 0.3) is 16.6 Å².